The van der Waals surface area contributed by atoms with Crippen LogP contribution in [0.5, 0.6) is 5.75 Å². The highest BCUT2D eigenvalue weighted by atomic mass is 19.1. The van der Waals surface area contributed by atoms with E-state index in [1.54, 1.807) is 24.3 Å². The molecule has 0 saturated heterocycles. The second-order valence-electron chi connectivity index (χ2n) is 9.13. The van der Waals surface area contributed by atoms with Gasteiger partial charge in [0.1, 0.15) is 11.6 Å². The summed E-state index contributed by atoms with van der Waals surface area (Å²) in [6, 6.07) is 12.4. The maximum atomic E-state index is 13.5. The fraction of sp³-hybridized carbons (Fsp3) is 0.346. The number of phenols is 1. The van der Waals surface area contributed by atoms with Gasteiger partial charge in [-0.25, -0.2) is 9.18 Å². The van der Waals surface area contributed by atoms with Crippen LogP contribution in [0.3, 0.4) is 0 Å². The van der Waals surface area contributed by atoms with E-state index in [-0.39, 0.29) is 35.9 Å². The predicted molar refractivity (Wildman–Crippen MR) is 126 cm³/mol. The van der Waals surface area contributed by atoms with Gasteiger partial charge in [-0.15, -0.1) is 0 Å². The van der Waals surface area contributed by atoms with Gasteiger partial charge in [0.2, 0.25) is 5.91 Å². The van der Waals surface area contributed by atoms with Crippen LogP contribution in [-0.4, -0.2) is 26.8 Å². The second-order valence-corrected chi connectivity index (χ2v) is 9.13. The quantitative estimate of drug-likeness (QED) is 0.441. The molecule has 0 bridgehead atoms. The Bertz CT molecular complexity index is 1230. The second kappa shape index (κ2) is 9.29. The van der Waals surface area contributed by atoms with Crippen LogP contribution in [0.1, 0.15) is 55.7 Å². The van der Waals surface area contributed by atoms with Gasteiger partial charge in [-0.3, -0.25) is 4.79 Å². The molecule has 2 aliphatic rings. The summed E-state index contributed by atoms with van der Waals surface area (Å²) in [7, 11) is 0. The highest BCUT2D eigenvalue weighted by molar-refractivity contribution is 5.95. The molecule has 3 N–H and O–H groups in total. The Hall–Kier alpha value is -3.68. The van der Waals surface area contributed by atoms with E-state index < -0.39 is 6.03 Å². The third kappa shape index (κ3) is 4.81. The number of amides is 2. The van der Waals surface area contributed by atoms with Crippen molar-refractivity contribution in [2.75, 3.05) is 5.32 Å². The minimum atomic E-state index is -0.407. The van der Waals surface area contributed by atoms with Crippen molar-refractivity contribution in [3.8, 4) is 17.0 Å². The molecule has 1 aromatic heterocycles. The average molecular weight is 463 g/mol. The standard InChI is InChI=1S/C26H27FN4O3/c27-19-7-3-4-16(12-19)15-28-26(34)31-23(17-5-1-2-6-17)14-22(30-31)21-13-20(10-11-24(21)32)29-25(33)18-8-9-18/h3-4,7,10-14,17-18,32H,1-2,5-6,8-9,15H2,(H,28,34)(H,29,33). The van der Waals surface area contributed by atoms with E-state index >= 15 is 0 Å². The first-order valence-corrected chi connectivity index (χ1v) is 11.7. The zero-order chi connectivity index (χ0) is 23.7. The van der Waals surface area contributed by atoms with Crippen molar-refractivity contribution in [1.29, 1.82) is 0 Å². The predicted octanol–water partition coefficient (Wildman–Crippen LogP) is 5.16. The average Bonchev–Trinajstić information content (AvgIpc) is 3.36. The molecule has 0 radical (unpaired) electrons. The minimum Gasteiger partial charge on any atom is -0.507 e. The molecule has 34 heavy (non-hydrogen) atoms. The third-order valence-corrected chi connectivity index (χ3v) is 6.52. The fourth-order valence-electron chi connectivity index (χ4n) is 4.51. The molecule has 0 atom stereocenters. The number of benzene rings is 2. The highest BCUT2D eigenvalue weighted by Gasteiger charge is 2.30. The van der Waals surface area contributed by atoms with Gasteiger partial charge in [-0.05, 0) is 67.6 Å². The van der Waals surface area contributed by atoms with E-state index in [0.29, 0.717) is 22.5 Å². The van der Waals surface area contributed by atoms with Crippen LogP contribution in [0.15, 0.2) is 48.5 Å². The van der Waals surface area contributed by atoms with Crippen molar-refractivity contribution >= 4 is 17.6 Å². The molecule has 2 fully saturated rings. The molecule has 2 amide bonds. The lowest BCUT2D eigenvalue weighted by Crippen LogP contribution is -2.30. The van der Waals surface area contributed by atoms with Crippen molar-refractivity contribution in [1.82, 2.24) is 15.1 Å². The summed E-state index contributed by atoms with van der Waals surface area (Å²) < 4.78 is 14.9. The zero-order valence-electron chi connectivity index (χ0n) is 18.8. The van der Waals surface area contributed by atoms with E-state index in [9.17, 15) is 19.1 Å². The van der Waals surface area contributed by atoms with Gasteiger partial charge < -0.3 is 15.7 Å². The number of aromatic hydroxyl groups is 1. The van der Waals surface area contributed by atoms with Crippen LogP contribution in [0.25, 0.3) is 11.3 Å². The Morgan fingerprint density at radius 2 is 1.85 bits per heavy atom. The Balaban J connectivity index is 1.42. The smallest absolute Gasteiger partial charge is 0.342 e. The van der Waals surface area contributed by atoms with Crippen LogP contribution in [0, 0.1) is 11.7 Å². The number of carbonyl (C=O) groups is 2. The van der Waals surface area contributed by atoms with Crippen molar-refractivity contribution < 1.29 is 19.1 Å². The number of aromatic nitrogens is 2. The van der Waals surface area contributed by atoms with Gasteiger partial charge in [0, 0.05) is 29.6 Å². The monoisotopic (exact) mass is 462 g/mol. The number of carbonyl (C=O) groups excluding carboxylic acids is 2. The van der Waals surface area contributed by atoms with Crippen LogP contribution in [0.2, 0.25) is 0 Å². The number of nitrogens with one attached hydrogen (secondary N) is 2. The first-order valence-electron chi connectivity index (χ1n) is 11.7. The fourth-order valence-corrected chi connectivity index (χ4v) is 4.51. The van der Waals surface area contributed by atoms with Crippen LogP contribution < -0.4 is 10.6 Å². The Morgan fingerprint density at radius 1 is 1.06 bits per heavy atom. The molecule has 5 rings (SSSR count). The van der Waals surface area contributed by atoms with Gasteiger partial charge in [0.25, 0.3) is 0 Å². The first-order chi connectivity index (χ1) is 16.5. The molecular weight excluding hydrogens is 435 g/mol. The Morgan fingerprint density at radius 3 is 2.59 bits per heavy atom. The summed E-state index contributed by atoms with van der Waals surface area (Å²) in [6.45, 7) is 0.170. The number of rotatable bonds is 6. The summed E-state index contributed by atoms with van der Waals surface area (Å²) in [4.78, 5) is 25.2. The van der Waals surface area contributed by atoms with Gasteiger partial charge in [0.15, 0.2) is 0 Å². The van der Waals surface area contributed by atoms with E-state index in [0.717, 1.165) is 44.2 Å². The molecular formula is C26H27FN4O3. The van der Waals surface area contributed by atoms with E-state index in [2.05, 4.69) is 15.7 Å². The summed E-state index contributed by atoms with van der Waals surface area (Å²) in [5, 5.41) is 20.8. The topological polar surface area (TPSA) is 96.2 Å². The first kappa shape index (κ1) is 22.1. The molecule has 2 saturated carbocycles. The molecule has 7 nitrogen and oxygen atoms in total. The van der Waals surface area contributed by atoms with E-state index in [1.165, 1.54) is 22.9 Å². The lowest BCUT2D eigenvalue weighted by molar-refractivity contribution is -0.117. The number of hydrogen-bond donors (Lipinski definition) is 3. The van der Waals surface area contributed by atoms with Crippen LogP contribution in [-0.2, 0) is 11.3 Å². The summed E-state index contributed by atoms with van der Waals surface area (Å²) in [5.74, 6) is -0.102. The number of nitrogens with zero attached hydrogens (tertiary/aromatic N) is 2. The zero-order valence-corrected chi connectivity index (χ0v) is 18.8. The van der Waals surface area contributed by atoms with E-state index in [4.69, 9.17) is 0 Å². The summed E-state index contributed by atoms with van der Waals surface area (Å²) in [5.41, 5.74) is 2.93. The van der Waals surface area contributed by atoms with Gasteiger partial charge in [-0.2, -0.15) is 9.78 Å². The largest absolute Gasteiger partial charge is 0.507 e. The molecule has 0 unspecified atom stereocenters. The molecule has 0 spiro atoms. The molecule has 2 aliphatic carbocycles. The lowest BCUT2D eigenvalue weighted by atomic mass is 10.0. The maximum absolute atomic E-state index is 13.5. The van der Waals surface area contributed by atoms with Crippen molar-refractivity contribution in [3.05, 3.63) is 65.6 Å². The Kier molecular flexibility index (Phi) is 6.04. The molecule has 176 valence electrons. The highest BCUT2D eigenvalue weighted by Crippen LogP contribution is 2.38. The summed E-state index contributed by atoms with van der Waals surface area (Å²) in [6.07, 6.45) is 5.90. The van der Waals surface area contributed by atoms with Crippen molar-refractivity contribution in [2.45, 2.75) is 51.0 Å². The number of halogens is 1. The third-order valence-electron chi connectivity index (χ3n) is 6.52. The molecule has 3 aromatic rings. The lowest BCUT2D eigenvalue weighted by Gasteiger charge is -2.12. The maximum Gasteiger partial charge on any atom is 0.342 e. The Labute approximate surface area is 197 Å². The van der Waals surface area contributed by atoms with Crippen LogP contribution >= 0.6 is 0 Å². The minimum absolute atomic E-state index is 0.0206. The number of phenolic OH excluding ortho intramolecular Hbond substituents is 1. The SMILES string of the molecule is O=C(Nc1ccc(O)c(-c2cc(C3CCCC3)n(C(=O)NCc3cccc(F)c3)n2)c1)C1CC1. The molecule has 0 aliphatic heterocycles. The summed E-state index contributed by atoms with van der Waals surface area (Å²) >= 11 is 0. The molecule has 8 heteroatoms. The number of anilines is 1. The van der Waals surface area contributed by atoms with Gasteiger partial charge >= 0.3 is 6.03 Å². The van der Waals surface area contributed by atoms with E-state index in [1.807, 2.05) is 6.07 Å². The molecule has 2 aromatic carbocycles. The molecule has 1 heterocycles. The van der Waals surface area contributed by atoms with Crippen LogP contribution in [0.4, 0.5) is 14.9 Å². The van der Waals surface area contributed by atoms with Crippen molar-refractivity contribution in [3.63, 3.8) is 0 Å². The van der Waals surface area contributed by atoms with Crippen molar-refractivity contribution in [2.24, 2.45) is 5.92 Å². The number of hydrogen-bond acceptors (Lipinski definition) is 4. The van der Waals surface area contributed by atoms with Gasteiger partial charge in [-0.1, -0.05) is 25.0 Å². The normalized spacial score (nSPS) is 15.9. The van der Waals surface area contributed by atoms with Gasteiger partial charge in [0.05, 0.1) is 11.4 Å².